The minimum atomic E-state index is -0.759. The van der Waals surface area contributed by atoms with E-state index < -0.39 is 10.3 Å². The van der Waals surface area contributed by atoms with Crippen molar-refractivity contribution < 1.29 is 4.79 Å². The summed E-state index contributed by atoms with van der Waals surface area (Å²) < 4.78 is 0. The molecule has 1 aliphatic heterocycles. The van der Waals surface area contributed by atoms with Gasteiger partial charge in [0.2, 0.25) is 5.91 Å². The fourth-order valence-electron chi connectivity index (χ4n) is 2.44. The zero-order chi connectivity index (χ0) is 13.5. The summed E-state index contributed by atoms with van der Waals surface area (Å²) in [6.45, 7) is 1.82. The molecule has 0 aromatic heterocycles. The first-order chi connectivity index (χ1) is 8.40. The molecule has 1 aliphatic rings. The predicted molar refractivity (Wildman–Crippen MR) is 72.0 cm³/mol. The van der Waals surface area contributed by atoms with Gasteiger partial charge in [-0.15, -0.1) is 23.2 Å². The number of alkyl halides is 2. The predicted octanol–water partition coefficient (Wildman–Crippen LogP) is 2.99. The first-order valence-electron chi connectivity index (χ1n) is 5.51. The zero-order valence-corrected chi connectivity index (χ0v) is 11.6. The highest BCUT2D eigenvalue weighted by molar-refractivity contribution is 6.44. The summed E-state index contributed by atoms with van der Waals surface area (Å²) in [5, 5.41) is 8.95. The van der Waals surface area contributed by atoms with Gasteiger partial charge < -0.3 is 4.90 Å². The van der Waals surface area contributed by atoms with E-state index in [1.807, 2.05) is 6.92 Å². The van der Waals surface area contributed by atoms with Crippen LogP contribution >= 0.6 is 23.2 Å². The molecule has 0 aliphatic carbocycles. The standard InChI is InChI=1S/C13H12Cl2N2O/c1-13(6-11(14)15)9-5-8(7-16)3-4-10(9)17(2)12(13)18/h3-5,11H,6H2,1-2H3. The van der Waals surface area contributed by atoms with Gasteiger partial charge in [0.1, 0.15) is 4.84 Å². The number of rotatable bonds is 2. The van der Waals surface area contributed by atoms with Gasteiger partial charge in [0.25, 0.3) is 0 Å². The lowest BCUT2D eigenvalue weighted by molar-refractivity contribution is -0.122. The normalized spacial score (nSPS) is 22.2. The van der Waals surface area contributed by atoms with Crippen LogP contribution in [0, 0.1) is 11.3 Å². The van der Waals surface area contributed by atoms with Crippen molar-refractivity contribution >= 4 is 34.8 Å². The minimum Gasteiger partial charge on any atom is -0.314 e. The summed E-state index contributed by atoms with van der Waals surface area (Å²) in [5.41, 5.74) is 1.41. The first-order valence-corrected chi connectivity index (χ1v) is 6.38. The van der Waals surface area contributed by atoms with Crippen LogP contribution in [0.3, 0.4) is 0 Å². The summed E-state index contributed by atoms with van der Waals surface area (Å²) in [6, 6.07) is 7.31. The highest BCUT2D eigenvalue weighted by Crippen LogP contribution is 2.45. The molecular formula is C13H12Cl2N2O. The molecule has 3 nitrogen and oxygen atoms in total. The molecule has 0 radical (unpaired) electrons. The van der Waals surface area contributed by atoms with Crippen molar-refractivity contribution in [2.45, 2.75) is 23.6 Å². The molecular weight excluding hydrogens is 271 g/mol. The maximum absolute atomic E-state index is 12.3. The molecule has 1 aromatic rings. The lowest BCUT2D eigenvalue weighted by atomic mass is 9.80. The van der Waals surface area contributed by atoms with Crippen LogP contribution in [-0.4, -0.2) is 17.8 Å². The van der Waals surface area contributed by atoms with Gasteiger partial charge in [-0.05, 0) is 37.1 Å². The molecule has 0 bridgehead atoms. The fourth-order valence-corrected chi connectivity index (χ4v) is 3.06. The molecule has 0 saturated heterocycles. The Labute approximate surface area is 116 Å². The number of hydrogen-bond acceptors (Lipinski definition) is 2. The Kier molecular flexibility index (Phi) is 3.27. The average Bonchev–Trinajstić information content (AvgIpc) is 2.51. The van der Waals surface area contributed by atoms with E-state index in [-0.39, 0.29) is 5.91 Å². The maximum Gasteiger partial charge on any atom is 0.237 e. The Hall–Kier alpha value is -1.24. The van der Waals surface area contributed by atoms with Crippen LogP contribution in [0.1, 0.15) is 24.5 Å². The van der Waals surface area contributed by atoms with Crippen LogP contribution < -0.4 is 4.90 Å². The molecule has 0 fully saturated rings. The molecule has 0 spiro atoms. The van der Waals surface area contributed by atoms with Crippen LogP contribution in [0.4, 0.5) is 5.69 Å². The van der Waals surface area contributed by atoms with E-state index in [2.05, 4.69) is 6.07 Å². The van der Waals surface area contributed by atoms with Gasteiger partial charge in [0, 0.05) is 12.7 Å². The quantitative estimate of drug-likeness (QED) is 0.783. The van der Waals surface area contributed by atoms with E-state index >= 15 is 0 Å². The molecule has 1 unspecified atom stereocenters. The van der Waals surface area contributed by atoms with Crippen LogP contribution in [-0.2, 0) is 10.2 Å². The van der Waals surface area contributed by atoms with Crippen LogP contribution in [0.15, 0.2) is 18.2 Å². The van der Waals surface area contributed by atoms with Gasteiger partial charge in [0.15, 0.2) is 0 Å². The summed E-state index contributed by atoms with van der Waals surface area (Å²) in [7, 11) is 1.72. The Balaban J connectivity index is 2.59. The number of amides is 1. The minimum absolute atomic E-state index is 0.0427. The van der Waals surface area contributed by atoms with Crippen molar-refractivity contribution in [2.75, 3.05) is 11.9 Å². The monoisotopic (exact) mass is 282 g/mol. The molecule has 1 aromatic carbocycles. The fraction of sp³-hybridized carbons (Fsp3) is 0.385. The van der Waals surface area contributed by atoms with E-state index in [0.29, 0.717) is 12.0 Å². The van der Waals surface area contributed by atoms with E-state index in [1.54, 1.807) is 30.1 Å². The second kappa shape index (κ2) is 4.46. The smallest absolute Gasteiger partial charge is 0.237 e. The zero-order valence-electron chi connectivity index (χ0n) is 10.1. The highest BCUT2D eigenvalue weighted by Gasteiger charge is 2.46. The second-order valence-corrected chi connectivity index (χ2v) is 5.91. The number of nitrogens with zero attached hydrogens (tertiary/aromatic N) is 2. The molecule has 0 N–H and O–H groups in total. The molecule has 0 saturated carbocycles. The Morgan fingerprint density at radius 1 is 1.50 bits per heavy atom. The topological polar surface area (TPSA) is 44.1 Å². The lowest BCUT2D eigenvalue weighted by Gasteiger charge is -2.23. The third-order valence-electron chi connectivity index (χ3n) is 3.42. The largest absolute Gasteiger partial charge is 0.314 e. The van der Waals surface area contributed by atoms with E-state index in [4.69, 9.17) is 28.5 Å². The third-order valence-corrected chi connectivity index (χ3v) is 3.73. The number of nitriles is 1. The third kappa shape index (κ3) is 1.86. The van der Waals surface area contributed by atoms with Crippen molar-refractivity contribution in [3.63, 3.8) is 0 Å². The summed E-state index contributed by atoms with van der Waals surface area (Å²) >= 11 is 11.7. The molecule has 2 rings (SSSR count). The molecule has 1 heterocycles. The van der Waals surface area contributed by atoms with Gasteiger partial charge in [-0.3, -0.25) is 4.79 Å². The van der Waals surface area contributed by atoms with Gasteiger partial charge >= 0.3 is 0 Å². The number of halogens is 2. The van der Waals surface area contributed by atoms with Gasteiger partial charge in [-0.2, -0.15) is 5.26 Å². The first kappa shape index (κ1) is 13.2. The van der Waals surface area contributed by atoms with Gasteiger partial charge in [-0.1, -0.05) is 0 Å². The summed E-state index contributed by atoms with van der Waals surface area (Å²) in [5.74, 6) is -0.0427. The number of hydrogen-bond donors (Lipinski definition) is 0. The number of fused-ring (bicyclic) bond motifs is 1. The second-order valence-electron chi connectivity index (χ2n) is 4.64. The molecule has 5 heteroatoms. The Morgan fingerprint density at radius 2 is 2.17 bits per heavy atom. The Bertz CT molecular complexity index is 550. The molecule has 1 atom stereocenters. The van der Waals surface area contributed by atoms with Crippen LogP contribution in [0.25, 0.3) is 0 Å². The number of likely N-dealkylation sites (N-methyl/N-ethyl adjacent to an activating group) is 1. The summed E-state index contributed by atoms with van der Waals surface area (Å²) in [4.78, 5) is 13.3. The van der Waals surface area contributed by atoms with Crippen molar-refractivity contribution in [1.29, 1.82) is 5.26 Å². The SMILES string of the molecule is CN1C(=O)C(C)(CC(Cl)Cl)c2cc(C#N)ccc21. The van der Waals surface area contributed by atoms with Crippen molar-refractivity contribution in [3.8, 4) is 6.07 Å². The highest BCUT2D eigenvalue weighted by atomic mass is 35.5. The van der Waals surface area contributed by atoms with Crippen molar-refractivity contribution in [1.82, 2.24) is 0 Å². The van der Waals surface area contributed by atoms with E-state index in [9.17, 15) is 4.79 Å². The van der Waals surface area contributed by atoms with Crippen molar-refractivity contribution in [2.24, 2.45) is 0 Å². The number of benzene rings is 1. The van der Waals surface area contributed by atoms with E-state index in [1.165, 1.54) is 0 Å². The maximum atomic E-state index is 12.3. The van der Waals surface area contributed by atoms with Gasteiger partial charge in [0.05, 0.1) is 17.0 Å². The van der Waals surface area contributed by atoms with Crippen LogP contribution in [0.2, 0.25) is 0 Å². The van der Waals surface area contributed by atoms with Gasteiger partial charge in [-0.25, -0.2) is 0 Å². The molecule has 18 heavy (non-hydrogen) atoms. The number of carbonyl (C=O) groups is 1. The number of carbonyl (C=O) groups excluding carboxylic acids is 1. The van der Waals surface area contributed by atoms with Crippen molar-refractivity contribution in [3.05, 3.63) is 29.3 Å². The average molecular weight is 283 g/mol. The van der Waals surface area contributed by atoms with Crippen LogP contribution in [0.5, 0.6) is 0 Å². The number of anilines is 1. The van der Waals surface area contributed by atoms with E-state index in [0.717, 1.165) is 11.3 Å². The summed E-state index contributed by atoms with van der Waals surface area (Å²) in [6.07, 6.45) is 0.334. The Morgan fingerprint density at radius 3 is 2.72 bits per heavy atom. The molecule has 1 amide bonds. The molecule has 94 valence electrons. The lowest BCUT2D eigenvalue weighted by Crippen LogP contribution is -2.37.